The molecule has 4 rings (SSSR count). The van der Waals surface area contributed by atoms with E-state index in [9.17, 15) is 4.21 Å². The molecule has 7 heteroatoms. The van der Waals surface area contributed by atoms with Crippen LogP contribution in [0.15, 0.2) is 59.6 Å². The van der Waals surface area contributed by atoms with Crippen LogP contribution in [0.25, 0.3) is 11.1 Å². The van der Waals surface area contributed by atoms with Gasteiger partial charge < -0.3 is 10.6 Å². The van der Waals surface area contributed by atoms with Crippen molar-refractivity contribution in [3.8, 4) is 11.1 Å². The summed E-state index contributed by atoms with van der Waals surface area (Å²) in [6.45, 7) is 2.88. The topological polar surface area (TPSA) is 90.8 Å². The number of nitrogens with zero attached hydrogens (tertiary/aromatic N) is 2. The molecule has 1 aromatic heterocycles. The number of hydrogen-bond donors (Lipinski definition) is 3. The van der Waals surface area contributed by atoms with E-state index in [1.807, 2.05) is 18.3 Å². The van der Waals surface area contributed by atoms with Crippen molar-refractivity contribution in [1.82, 2.24) is 9.97 Å². The summed E-state index contributed by atoms with van der Waals surface area (Å²) in [4.78, 5) is 9.76. The van der Waals surface area contributed by atoms with Gasteiger partial charge in [-0.25, -0.2) is 14.0 Å². The summed E-state index contributed by atoms with van der Waals surface area (Å²) in [5.74, 6) is 1.60. The molecule has 4 bridgehead atoms. The maximum absolute atomic E-state index is 12.8. The summed E-state index contributed by atoms with van der Waals surface area (Å²) in [6, 6.07) is 15.8. The van der Waals surface area contributed by atoms with Gasteiger partial charge in [0.05, 0.1) is 9.73 Å². The minimum atomic E-state index is -2.80. The lowest BCUT2D eigenvalue weighted by Crippen LogP contribution is -2.09. The molecule has 6 nitrogen and oxygen atoms in total. The lowest BCUT2D eigenvalue weighted by atomic mass is 10.0. The highest BCUT2D eigenvalue weighted by Crippen LogP contribution is 2.29. The maximum Gasteiger partial charge on any atom is 0.229 e. The Hall–Kier alpha value is -2.93. The molecule has 3 N–H and O–H groups in total. The number of aromatic nitrogens is 2. The molecule has 0 spiro atoms. The second-order valence-electron chi connectivity index (χ2n) is 7.57. The number of hydrogen-bond acceptors (Lipinski definition) is 6. The summed E-state index contributed by atoms with van der Waals surface area (Å²) >= 11 is 0. The Bertz CT molecular complexity index is 1130. The van der Waals surface area contributed by atoms with Gasteiger partial charge in [0.25, 0.3) is 0 Å². The summed E-state index contributed by atoms with van der Waals surface area (Å²) in [6.07, 6.45) is 5.57. The van der Waals surface area contributed by atoms with Crippen molar-refractivity contribution in [2.75, 3.05) is 22.9 Å². The Balaban J connectivity index is 1.69. The van der Waals surface area contributed by atoms with Gasteiger partial charge in [-0.1, -0.05) is 43.7 Å². The maximum atomic E-state index is 12.8. The molecule has 30 heavy (non-hydrogen) atoms. The summed E-state index contributed by atoms with van der Waals surface area (Å²) in [7, 11) is -2.80. The summed E-state index contributed by atoms with van der Waals surface area (Å²) in [5.41, 5.74) is 4.09. The minimum absolute atomic E-state index is 0.354. The highest BCUT2D eigenvalue weighted by Gasteiger charge is 2.14. The van der Waals surface area contributed by atoms with Gasteiger partial charge in [-0.2, -0.15) is 4.98 Å². The third-order valence-corrected chi connectivity index (χ3v) is 7.09. The van der Waals surface area contributed by atoms with Crippen LogP contribution in [0, 0.1) is 4.78 Å². The van der Waals surface area contributed by atoms with Crippen LogP contribution in [0.5, 0.6) is 0 Å². The fourth-order valence-corrected chi connectivity index (χ4v) is 5.05. The molecule has 0 aliphatic carbocycles. The van der Waals surface area contributed by atoms with Gasteiger partial charge in [0.15, 0.2) is 0 Å². The van der Waals surface area contributed by atoms with Crippen molar-refractivity contribution in [3.63, 3.8) is 0 Å². The highest BCUT2D eigenvalue weighted by atomic mass is 32.2. The number of fused-ring (bicyclic) bond motifs is 4. The average molecular weight is 422 g/mol. The molecule has 2 aromatic carbocycles. The monoisotopic (exact) mass is 421 g/mol. The number of benzene rings is 2. The predicted octanol–water partition coefficient (Wildman–Crippen LogP) is 5.45. The molecule has 0 saturated carbocycles. The molecular weight excluding hydrogens is 394 g/mol. The second-order valence-corrected chi connectivity index (χ2v) is 9.80. The average Bonchev–Trinajstić information content (AvgIpc) is 2.75. The molecule has 1 atom stereocenters. The Morgan fingerprint density at radius 3 is 2.77 bits per heavy atom. The largest absolute Gasteiger partial charge is 0.369 e. The van der Waals surface area contributed by atoms with Crippen LogP contribution in [0.1, 0.15) is 31.7 Å². The second kappa shape index (κ2) is 8.83. The van der Waals surface area contributed by atoms with Crippen LogP contribution < -0.4 is 10.6 Å². The quantitative estimate of drug-likeness (QED) is 0.523. The normalized spacial score (nSPS) is 18.8. The van der Waals surface area contributed by atoms with Crippen LogP contribution in [0.4, 0.5) is 17.5 Å². The minimum Gasteiger partial charge on any atom is -0.369 e. The fraction of sp³-hybridized carbons (Fsp3) is 0.304. The molecule has 1 aliphatic rings. The molecule has 1 aliphatic heterocycles. The number of rotatable bonds is 3. The molecule has 0 radical (unpaired) electrons. The molecule has 2 heterocycles. The van der Waals surface area contributed by atoms with Gasteiger partial charge in [0.1, 0.15) is 5.82 Å². The van der Waals surface area contributed by atoms with Crippen LogP contribution in [0.2, 0.25) is 0 Å². The summed E-state index contributed by atoms with van der Waals surface area (Å²) in [5, 5.41) is 6.61. The lowest BCUT2D eigenvalue weighted by molar-refractivity contribution is 0.670. The van der Waals surface area contributed by atoms with E-state index in [0.29, 0.717) is 29.6 Å². The Morgan fingerprint density at radius 1 is 1.13 bits per heavy atom. The zero-order valence-corrected chi connectivity index (χ0v) is 18.0. The van der Waals surface area contributed by atoms with Crippen molar-refractivity contribution in [2.24, 2.45) is 0 Å². The van der Waals surface area contributed by atoms with E-state index in [1.54, 1.807) is 12.1 Å². The number of anilines is 3. The number of nitrogens with one attached hydrogen (secondary N) is 3. The van der Waals surface area contributed by atoms with E-state index in [1.165, 1.54) is 5.56 Å². The first kappa shape index (κ1) is 20.3. The van der Waals surface area contributed by atoms with E-state index in [-0.39, 0.29) is 0 Å². The van der Waals surface area contributed by atoms with Gasteiger partial charge in [-0.3, -0.25) is 0 Å². The van der Waals surface area contributed by atoms with Gasteiger partial charge in [0.2, 0.25) is 5.95 Å². The van der Waals surface area contributed by atoms with Gasteiger partial charge in [-0.15, -0.1) is 0 Å². The van der Waals surface area contributed by atoms with Crippen LogP contribution >= 0.6 is 0 Å². The zero-order valence-electron chi connectivity index (χ0n) is 17.1. The van der Waals surface area contributed by atoms with Crippen LogP contribution in [-0.2, 0) is 16.1 Å². The lowest BCUT2D eigenvalue weighted by Gasteiger charge is -2.13. The standard InChI is InChI=1S/C23H27N5OS/c1-2-6-17-9-11-18(12-10-17)21-16-26-23-27-19-7-5-8-20(15-19)30(24,29)14-4-3-13-25-22(21)28-23/h5,7-12,15-16,24H,2-4,6,13-14H2,1H3,(H2,25,26,27,28). The third-order valence-electron chi connectivity index (χ3n) is 5.21. The number of aryl methyl sites for hydroxylation is 1. The first-order valence-corrected chi connectivity index (χ1v) is 12.1. The Morgan fingerprint density at radius 2 is 1.97 bits per heavy atom. The molecule has 1 unspecified atom stereocenters. The Labute approximate surface area is 178 Å². The fourth-order valence-electron chi connectivity index (χ4n) is 3.59. The van der Waals surface area contributed by atoms with Crippen molar-refractivity contribution >= 4 is 27.2 Å². The smallest absolute Gasteiger partial charge is 0.229 e. The third kappa shape index (κ3) is 4.62. The van der Waals surface area contributed by atoms with Crippen molar-refractivity contribution in [3.05, 3.63) is 60.3 Å². The van der Waals surface area contributed by atoms with Crippen molar-refractivity contribution < 1.29 is 4.21 Å². The molecule has 0 saturated heterocycles. The van der Waals surface area contributed by atoms with Crippen molar-refractivity contribution in [1.29, 1.82) is 4.78 Å². The highest BCUT2D eigenvalue weighted by molar-refractivity contribution is 7.92. The SMILES string of the molecule is CCCc1ccc(-c2cnc3nc2NCCCCS(=N)(=O)c2cccc(c2)N3)cc1. The van der Waals surface area contributed by atoms with Gasteiger partial charge in [-0.05, 0) is 48.6 Å². The summed E-state index contributed by atoms with van der Waals surface area (Å²) < 4.78 is 21.1. The molecule has 0 amide bonds. The molecule has 0 fully saturated rings. The molecule has 156 valence electrons. The van der Waals surface area contributed by atoms with E-state index in [0.717, 1.165) is 41.9 Å². The molecule has 3 aromatic rings. The van der Waals surface area contributed by atoms with E-state index < -0.39 is 9.73 Å². The van der Waals surface area contributed by atoms with E-state index in [2.05, 4.69) is 46.8 Å². The van der Waals surface area contributed by atoms with E-state index >= 15 is 0 Å². The van der Waals surface area contributed by atoms with Crippen LogP contribution in [0.3, 0.4) is 0 Å². The Kier molecular flexibility index (Phi) is 5.99. The van der Waals surface area contributed by atoms with Crippen LogP contribution in [-0.4, -0.2) is 26.5 Å². The predicted molar refractivity (Wildman–Crippen MR) is 123 cm³/mol. The van der Waals surface area contributed by atoms with Gasteiger partial charge >= 0.3 is 0 Å². The van der Waals surface area contributed by atoms with E-state index in [4.69, 9.17) is 9.76 Å². The van der Waals surface area contributed by atoms with Gasteiger partial charge in [0, 0.05) is 34.6 Å². The first-order valence-electron chi connectivity index (χ1n) is 10.4. The van der Waals surface area contributed by atoms with Crippen molar-refractivity contribution in [2.45, 2.75) is 37.5 Å². The zero-order chi connectivity index (χ0) is 21.0. The molecular formula is C23H27N5OS. The first-order chi connectivity index (χ1) is 14.5.